The predicted octanol–water partition coefficient (Wildman–Crippen LogP) is 4.38. The SMILES string of the molecule is BrOC1=C(Cc2ccccc2)CCCC1. The molecular weight excluding hydrogens is 252 g/mol. The predicted molar refractivity (Wildman–Crippen MR) is 65.7 cm³/mol. The summed E-state index contributed by atoms with van der Waals surface area (Å²) in [6.07, 6.45) is 5.83. The summed E-state index contributed by atoms with van der Waals surface area (Å²) < 4.78 is 5.27. The summed E-state index contributed by atoms with van der Waals surface area (Å²) in [5.41, 5.74) is 2.82. The molecule has 0 saturated heterocycles. The summed E-state index contributed by atoms with van der Waals surface area (Å²) in [5.74, 6) is 1.14. The summed E-state index contributed by atoms with van der Waals surface area (Å²) in [5, 5.41) is 0. The lowest BCUT2D eigenvalue weighted by Crippen LogP contribution is -2.02. The molecule has 1 aromatic rings. The Morgan fingerprint density at radius 3 is 2.53 bits per heavy atom. The molecule has 0 spiro atoms. The molecule has 0 amide bonds. The fourth-order valence-corrected chi connectivity index (χ4v) is 2.45. The van der Waals surface area contributed by atoms with Gasteiger partial charge in [-0.25, -0.2) is 0 Å². The van der Waals surface area contributed by atoms with Crippen molar-refractivity contribution in [1.82, 2.24) is 0 Å². The average Bonchev–Trinajstić information content (AvgIpc) is 2.31. The highest BCUT2D eigenvalue weighted by Gasteiger charge is 2.13. The first kappa shape index (κ1) is 10.7. The molecule has 2 rings (SSSR count). The van der Waals surface area contributed by atoms with Gasteiger partial charge in [-0.2, -0.15) is 0 Å². The van der Waals surface area contributed by atoms with Crippen molar-refractivity contribution >= 4 is 16.3 Å². The van der Waals surface area contributed by atoms with E-state index in [-0.39, 0.29) is 0 Å². The minimum absolute atomic E-state index is 1.03. The van der Waals surface area contributed by atoms with Crippen LogP contribution >= 0.6 is 16.3 Å². The molecule has 0 N–H and O–H groups in total. The number of halogens is 1. The van der Waals surface area contributed by atoms with E-state index in [0.29, 0.717) is 0 Å². The average molecular weight is 267 g/mol. The lowest BCUT2D eigenvalue weighted by molar-refractivity contribution is 0.443. The Hall–Kier alpha value is -0.760. The van der Waals surface area contributed by atoms with Crippen molar-refractivity contribution in [2.24, 2.45) is 0 Å². The normalized spacial score (nSPS) is 16.6. The molecule has 0 aliphatic heterocycles. The Morgan fingerprint density at radius 1 is 1.07 bits per heavy atom. The highest BCUT2D eigenvalue weighted by atomic mass is 79.9. The Kier molecular flexibility index (Phi) is 3.84. The second-order valence-corrected chi connectivity index (χ2v) is 4.30. The summed E-state index contributed by atoms with van der Waals surface area (Å²) in [6, 6.07) is 10.6. The zero-order valence-corrected chi connectivity index (χ0v) is 10.3. The van der Waals surface area contributed by atoms with Gasteiger partial charge in [0.15, 0.2) is 16.3 Å². The summed E-state index contributed by atoms with van der Waals surface area (Å²) >= 11 is 3.11. The van der Waals surface area contributed by atoms with Crippen molar-refractivity contribution in [3.8, 4) is 0 Å². The van der Waals surface area contributed by atoms with Crippen LogP contribution in [-0.4, -0.2) is 0 Å². The maximum Gasteiger partial charge on any atom is 0.178 e. The fraction of sp³-hybridized carbons (Fsp3) is 0.385. The number of hydrogen-bond acceptors (Lipinski definition) is 1. The Labute approximate surface area is 99.6 Å². The standard InChI is InChI=1S/C13H15BrO/c14-15-13-9-5-4-8-12(13)10-11-6-2-1-3-7-11/h1-3,6-7H,4-5,8-10H2. The van der Waals surface area contributed by atoms with Crippen LogP contribution in [0.4, 0.5) is 0 Å². The van der Waals surface area contributed by atoms with Gasteiger partial charge in [0.05, 0.1) is 0 Å². The largest absolute Gasteiger partial charge is 0.423 e. The van der Waals surface area contributed by atoms with Crippen molar-refractivity contribution in [3.05, 3.63) is 47.2 Å². The van der Waals surface area contributed by atoms with Crippen LogP contribution < -0.4 is 0 Å². The van der Waals surface area contributed by atoms with E-state index in [4.69, 9.17) is 3.83 Å². The summed E-state index contributed by atoms with van der Waals surface area (Å²) in [7, 11) is 0. The highest BCUT2D eigenvalue weighted by Crippen LogP contribution is 2.29. The van der Waals surface area contributed by atoms with Crippen molar-refractivity contribution in [1.29, 1.82) is 0 Å². The first-order valence-corrected chi connectivity index (χ1v) is 6.08. The molecule has 1 aliphatic rings. The molecule has 0 fully saturated rings. The summed E-state index contributed by atoms with van der Waals surface area (Å²) in [4.78, 5) is 0. The van der Waals surface area contributed by atoms with Crippen molar-refractivity contribution < 1.29 is 3.83 Å². The molecule has 0 atom stereocenters. The van der Waals surface area contributed by atoms with Crippen LogP contribution in [-0.2, 0) is 10.2 Å². The monoisotopic (exact) mass is 266 g/mol. The minimum atomic E-state index is 1.03. The molecule has 15 heavy (non-hydrogen) atoms. The maximum atomic E-state index is 5.27. The van der Waals surface area contributed by atoms with Crippen LogP contribution in [0.2, 0.25) is 0 Å². The highest BCUT2D eigenvalue weighted by molar-refractivity contribution is 9.06. The van der Waals surface area contributed by atoms with E-state index >= 15 is 0 Å². The molecule has 1 aromatic carbocycles. The van der Waals surface area contributed by atoms with E-state index in [2.05, 4.69) is 46.6 Å². The molecule has 1 nitrogen and oxygen atoms in total. The zero-order valence-electron chi connectivity index (χ0n) is 8.71. The van der Waals surface area contributed by atoms with Crippen LogP contribution in [0.5, 0.6) is 0 Å². The molecule has 2 heteroatoms. The molecule has 0 unspecified atom stereocenters. The third-order valence-electron chi connectivity index (χ3n) is 2.88. The van der Waals surface area contributed by atoms with Crippen molar-refractivity contribution in [2.45, 2.75) is 32.1 Å². The van der Waals surface area contributed by atoms with Crippen molar-refractivity contribution in [2.75, 3.05) is 0 Å². The number of hydrogen-bond donors (Lipinski definition) is 0. The Balaban J connectivity index is 2.13. The Bertz CT molecular complexity index is 343. The molecule has 0 heterocycles. The van der Waals surface area contributed by atoms with Gasteiger partial charge < -0.3 is 3.83 Å². The van der Waals surface area contributed by atoms with Gasteiger partial charge in [-0.3, -0.25) is 0 Å². The van der Waals surface area contributed by atoms with Crippen LogP contribution in [0.15, 0.2) is 41.7 Å². The third-order valence-corrected chi connectivity index (χ3v) is 3.27. The molecule has 0 bridgehead atoms. The van der Waals surface area contributed by atoms with Gasteiger partial charge in [-0.1, -0.05) is 30.3 Å². The lowest BCUT2D eigenvalue weighted by Gasteiger charge is -2.17. The molecule has 80 valence electrons. The quantitative estimate of drug-likeness (QED) is 0.789. The van der Waals surface area contributed by atoms with Gasteiger partial charge in [0.1, 0.15) is 5.76 Å². The van der Waals surface area contributed by atoms with E-state index in [1.165, 1.54) is 30.4 Å². The maximum absolute atomic E-state index is 5.27. The molecule has 0 saturated carbocycles. The third kappa shape index (κ3) is 2.85. The van der Waals surface area contributed by atoms with Crippen LogP contribution in [0.1, 0.15) is 31.2 Å². The molecular formula is C13H15BrO. The summed E-state index contributed by atoms with van der Waals surface area (Å²) in [6.45, 7) is 0. The minimum Gasteiger partial charge on any atom is -0.423 e. The second kappa shape index (κ2) is 5.36. The zero-order chi connectivity index (χ0) is 10.5. The number of rotatable bonds is 3. The van der Waals surface area contributed by atoms with E-state index in [0.717, 1.165) is 18.6 Å². The smallest absolute Gasteiger partial charge is 0.178 e. The molecule has 0 aromatic heterocycles. The van der Waals surface area contributed by atoms with E-state index in [9.17, 15) is 0 Å². The Morgan fingerprint density at radius 2 is 1.80 bits per heavy atom. The number of benzene rings is 1. The first-order chi connectivity index (χ1) is 7.40. The first-order valence-electron chi connectivity index (χ1n) is 5.43. The molecule has 0 radical (unpaired) electrons. The van der Waals surface area contributed by atoms with Gasteiger partial charge >= 0.3 is 0 Å². The lowest BCUT2D eigenvalue weighted by atomic mass is 9.93. The fourth-order valence-electron chi connectivity index (χ4n) is 2.06. The van der Waals surface area contributed by atoms with Gasteiger partial charge in [0.25, 0.3) is 0 Å². The van der Waals surface area contributed by atoms with Crippen LogP contribution in [0, 0.1) is 0 Å². The van der Waals surface area contributed by atoms with Crippen molar-refractivity contribution in [3.63, 3.8) is 0 Å². The van der Waals surface area contributed by atoms with E-state index < -0.39 is 0 Å². The van der Waals surface area contributed by atoms with Gasteiger partial charge in [0, 0.05) is 6.42 Å². The van der Waals surface area contributed by atoms with Crippen LogP contribution in [0.25, 0.3) is 0 Å². The topological polar surface area (TPSA) is 9.23 Å². The molecule has 1 aliphatic carbocycles. The van der Waals surface area contributed by atoms with E-state index in [1.807, 2.05) is 0 Å². The van der Waals surface area contributed by atoms with Gasteiger partial charge in [-0.05, 0) is 36.8 Å². The number of allylic oxidation sites excluding steroid dienone is 2. The van der Waals surface area contributed by atoms with E-state index in [1.54, 1.807) is 0 Å². The van der Waals surface area contributed by atoms with Gasteiger partial charge in [-0.15, -0.1) is 0 Å². The second-order valence-electron chi connectivity index (χ2n) is 3.97. The van der Waals surface area contributed by atoms with Crippen LogP contribution in [0.3, 0.4) is 0 Å². The van der Waals surface area contributed by atoms with Gasteiger partial charge in [0.2, 0.25) is 0 Å².